The van der Waals surface area contributed by atoms with E-state index in [2.05, 4.69) is 83.1 Å². The summed E-state index contributed by atoms with van der Waals surface area (Å²) in [6.45, 7) is 29.6. The topological polar surface area (TPSA) is 0 Å². The van der Waals surface area contributed by atoms with Crippen LogP contribution >= 0.6 is 0 Å². The Hall–Kier alpha value is 0. The van der Waals surface area contributed by atoms with Gasteiger partial charge in [0.15, 0.2) is 0 Å². The molecule has 0 heteroatoms. The van der Waals surface area contributed by atoms with Crippen LogP contribution in [0.5, 0.6) is 0 Å². The fourth-order valence-electron chi connectivity index (χ4n) is 5.94. The van der Waals surface area contributed by atoms with Crippen molar-refractivity contribution in [2.45, 2.75) is 109 Å². The van der Waals surface area contributed by atoms with Crippen molar-refractivity contribution in [1.82, 2.24) is 0 Å². The minimum absolute atomic E-state index is 0.790. The first-order valence-electron chi connectivity index (χ1n) is 12.1. The van der Waals surface area contributed by atoms with Crippen molar-refractivity contribution >= 4 is 0 Å². The van der Waals surface area contributed by atoms with Crippen LogP contribution in [0.4, 0.5) is 0 Å². The van der Waals surface area contributed by atoms with E-state index in [9.17, 15) is 0 Å². The molecule has 0 aliphatic heterocycles. The zero-order chi connectivity index (χ0) is 20.6. The molecule has 0 rings (SSSR count). The monoisotopic (exact) mass is 366 g/mol. The molecule has 0 fully saturated rings. The van der Waals surface area contributed by atoms with Gasteiger partial charge in [-0.3, -0.25) is 0 Å². The lowest BCUT2D eigenvalue weighted by molar-refractivity contribution is 0.0591. The van der Waals surface area contributed by atoms with E-state index in [1.54, 1.807) is 0 Å². The third-order valence-electron chi connectivity index (χ3n) is 9.00. The first kappa shape index (κ1) is 26.0. The molecule has 0 saturated heterocycles. The molecule has 0 aromatic rings. The van der Waals surface area contributed by atoms with Gasteiger partial charge in [0.2, 0.25) is 0 Å². The number of hydrogen-bond donors (Lipinski definition) is 0. The molecule has 0 aliphatic rings. The van der Waals surface area contributed by atoms with Crippen LogP contribution in [-0.4, -0.2) is 0 Å². The molecule has 0 radical (unpaired) electrons. The van der Waals surface area contributed by atoms with Crippen molar-refractivity contribution in [3.8, 4) is 0 Å². The van der Waals surface area contributed by atoms with Gasteiger partial charge in [-0.25, -0.2) is 0 Å². The van der Waals surface area contributed by atoms with Crippen molar-refractivity contribution in [2.24, 2.45) is 59.2 Å². The summed E-state index contributed by atoms with van der Waals surface area (Å²) in [6.07, 6.45) is 5.34. The van der Waals surface area contributed by atoms with E-state index in [0.29, 0.717) is 0 Å². The van der Waals surface area contributed by atoms with E-state index in [0.717, 1.165) is 59.2 Å². The molecule has 0 aromatic heterocycles. The highest BCUT2D eigenvalue weighted by Gasteiger charge is 2.36. The maximum Gasteiger partial charge on any atom is -0.0357 e. The molecular weight excluding hydrogens is 312 g/mol. The summed E-state index contributed by atoms with van der Waals surface area (Å²) in [5, 5.41) is 0. The summed E-state index contributed by atoms with van der Waals surface area (Å²) in [5.41, 5.74) is 0. The van der Waals surface area contributed by atoms with Crippen LogP contribution in [0.1, 0.15) is 109 Å². The molecule has 0 saturated carbocycles. The van der Waals surface area contributed by atoms with Crippen molar-refractivity contribution in [1.29, 1.82) is 0 Å². The molecule has 0 spiro atoms. The summed E-state index contributed by atoms with van der Waals surface area (Å²) in [6, 6.07) is 0. The van der Waals surface area contributed by atoms with Gasteiger partial charge in [0.1, 0.15) is 0 Å². The second kappa shape index (κ2) is 12.5. The summed E-state index contributed by atoms with van der Waals surface area (Å²) in [5.74, 6) is 8.34. The average molecular weight is 367 g/mol. The van der Waals surface area contributed by atoms with Crippen molar-refractivity contribution in [3.63, 3.8) is 0 Å². The molecule has 0 bridgehead atoms. The summed E-state index contributed by atoms with van der Waals surface area (Å²) in [7, 11) is 0. The second-order valence-electron chi connectivity index (χ2n) is 10.1. The second-order valence-corrected chi connectivity index (χ2v) is 10.1. The maximum absolute atomic E-state index is 2.57. The van der Waals surface area contributed by atoms with Gasteiger partial charge < -0.3 is 0 Å². The van der Waals surface area contributed by atoms with Gasteiger partial charge in [-0.2, -0.15) is 0 Å². The molecular formula is C26H54. The first-order valence-corrected chi connectivity index (χ1v) is 12.1. The zero-order valence-corrected chi connectivity index (χ0v) is 20.6. The molecule has 26 heavy (non-hydrogen) atoms. The van der Waals surface area contributed by atoms with Crippen LogP contribution in [0.15, 0.2) is 0 Å². The number of hydrogen-bond acceptors (Lipinski definition) is 0. The molecule has 0 amide bonds. The highest BCUT2D eigenvalue weighted by atomic mass is 14.4. The Morgan fingerprint density at radius 2 is 0.731 bits per heavy atom. The lowest BCUT2D eigenvalue weighted by atomic mass is 9.62. The van der Waals surface area contributed by atoms with E-state index in [1.165, 1.54) is 25.7 Å². The van der Waals surface area contributed by atoms with Crippen molar-refractivity contribution in [3.05, 3.63) is 0 Å². The van der Waals surface area contributed by atoms with E-state index in [1.807, 2.05) is 0 Å². The highest BCUT2D eigenvalue weighted by Crippen LogP contribution is 2.43. The Balaban J connectivity index is 5.32. The Bertz CT molecular complexity index is 340. The summed E-state index contributed by atoms with van der Waals surface area (Å²) >= 11 is 0. The normalized spacial score (nSPS) is 21.9. The molecule has 0 heterocycles. The average Bonchev–Trinajstić information content (AvgIpc) is 2.63. The van der Waals surface area contributed by atoms with Crippen LogP contribution in [0.2, 0.25) is 0 Å². The van der Waals surface area contributed by atoms with Crippen LogP contribution in [0, 0.1) is 59.2 Å². The third kappa shape index (κ3) is 6.56. The summed E-state index contributed by atoms with van der Waals surface area (Å²) in [4.78, 5) is 0. The van der Waals surface area contributed by atoms with E-state index < -0.39 is 0 Å². The minimum Gasteiger partial charge on any atom is -0.0651 e. The van der Waals surface area contributed by atoms with Gasteiger partial charge in [-0.05, 0) is 59.2 Å². The fourth-order valence-corrected chi connectivity index (χ4v) is 5.94. The van der Waals surface area contributed by atoms with Gasteiger partial charge in [-0.1, -0.05) is 109 Å². The van der Waals surface area contributed by atoms with Crippen molar-refractivity contribution in [2.75, 3.05) is 0 Å². The Morgan fingerprint density at radius 1 is 0.385 bits per heavy atom. The quantitative estimate of drug-likeness (QED) is 0.305. The Labute approximate surface area is 168 Å². The standard InChI is InChI=1S/C26H54/c1-13-24(14-2)21(10)19(8)20(9)23(12)26(16-4)25(15-3)22(11)18(7)17(5)6/h17-26H,13-16H2,1-12H3. The SMILES string of the molecule is CCC(CC)C(C)C(C)C(C)C(C)C(CC)C(CC)C(C)C(C)C(C)C. The van der Waals surface area contributed by atoms with Crippen LogP contribution < -0.4 is 0 Å². The van der Waals surface area contributed by atoms with Gasteiger partial charge >= 0.3 is 0 Å². The first-order chi connectivity index (χ1) is 12.1. The smallest absolute Gasteiger partial charge is 0.0357 e. The zero-order valence-electron chi connectivity index (χ0n) is 20.6. The largest absolute Gasteiger partial charge is 0.0651 e. The number of rotatable bonds is 13. The predicted octanol–water partition coefficient (Wildman–Crippen LogP) is 8.95. The molecule has 8 unspecified atom stereocenters. The molecule has 158 valence electrons. The summed E-state index contributed by atoms with van der Waals surface area (Å²) < 4.78 is 0. The van der Waals surface area contributed by atoms with Crippen molar-refractivity contribution < 1.29 is 0 Å². The Kier molecular flexibility index (Phi) is 12.5. The van der Waals surface area contributed by atoms with E-state index >= 15 is 0 Å². The molecule has 0 nitrogen and oxygen atoms in total. The van der Waals surface area contributed by atoms with Gasteiger partial charge in [0.05, 0.1) is 0 Å². The van der Waals surface area contributed by atoms with E-state index in [-0.39, 0.29) is 0 Å². The molecule has 0 aromatic carbocycles. The predicted molar refractivity (Wildman–Crippen MR) is 121 cm³/mol. The lowest BCUT2D eigenvalue weighted by Crippen LogP contribution is -2.36. The molecule has 0 N–H and O–H groups in total. The van der Waals surface area contributed by atoms with Crippen LogP contribution in [0.25, 0.3) is 0 Å². The van der Waals surface area contributed by atoms with Gasteiger partial charge in [0.25, 0.3) is 0 Å². The maximum atomic E-state index is 2.57. The van der Waals surface area contributed by atoms with Crippen LogP contribution in [0.3, 0.4) is 0 Å². The molecule has 8 atom stereocenters. The molecule has 0 aliphatic carbocycles. The fraction of sp³-hybridized carbons (Fsp3) is 1.00. The highest BCUT2D eigenvalue weighted by molar-refractivity contribution is 4.85. The van der Waals surface area contributed by atoms with Gasteiger partial charge in [0, 0.05) is 0 Å². The van der Waals surface area contributed by atoms with Gasteiger partial charge in [-0.15, -0.1) is 0 Å². The van der Waals surface area contributed by atoms with Crippen LogP contribution in [-0.2, 0) is 0 Å². The Morgan fingerprint density at radius 3 is 1.04 bits per heavy atom. The minimum atomic E-state index is 0.790. The van der Waals surface area contributed by atoms with E-state index in [4.69, 9.17) is 0 Å². The lowest BCUT2D eigenvalue weighted by Gasteiger charge is -2.43. The third-order valence-corrected chi connectivity index (χ3v) is 9.00.